The highest BCUT2D eigenvalue weighted by Crippen LogP contribution is 2.17. The maximum Gasteiger partial charge on any atom is 0.0291 e. The smallest absolute Gasteiger partial charge is 0.0291 e. The van der Waals surface area contributed by atoms with E-state index in [2.05, 4.69) is 55.4 Å². The van der Waals surface area contributed by atoms with E-state index < -0.39 is 0 Å². The van der Waals surface area contributed by atoms with Gasteiger partial charge in [0.2, 0.25) is 0 Å². The van der Waals surface area contributed by atoms with E-state index in [0.717, 1.165) is 12.5 Å². The molecule has 1 aromatic rings. The van der Waals surface area contributed by atoms with Crippen LogP contribution in [0.3, 0.4) is 0 Å². The molecule has 1 heterocycles. The molecule has 0 radical (unpaired) electrons. The topological polar surface area (TPSA) is 15.3 Å². The number of nitrogens with one attached hydrogen (secondary N) is 1. The Hall–Kier alpha value is -0.860. The van der Waals surface area contributed by atoms with Crippen molar-refractivity contribution in [3.8, 4) is 0 Å². The monoisotopic (exact) mass is 274 g/mol. The summed E-state index contributed by atoms with van der Waals surface area (Å²) in [4.78, 5) is 2.43. The summed E-state index contributed by atoms with van der Waals surface area (Å²) in [5, 5.41) is 3.70. The molecular weight excluding hydrogens is 244 g/mol. The van der Waals surface area contributed by atoms with Gasteiger partial charge in [-0.15, -0.1) is 0 Å². The fourth-order valence-corrected chi connectivity index (χ4v) is 3.01. The predicted molar refractivity (Wildman–Crippen MR) is 87.1 cm³/mol. The Bertz CT molecular complexity index is 385. The maximum absolute atomic E-state index is 3.70. The molecule has 1 fully saturated rings. The fraction of sp³-hybridized carbons (Fsp3) is 0.667. The first kappa shape index (κ1) is 15.5. The van der Waals surface area contributed by atoms with E-state index in [1.165, 1.54) is 49.9 Å². The Balaban J connectivity index is 1.78. The zero-order valence-corrected chi connectivity index (χ0v) is 13.4. The second-order valence-corrected chi connectivity index (χ2v) is 6.39. The molecule has 1 aliphatic rings. The molecule has 1 aromatic carbocycles. The number of rotatable bonds is 7. The minimum absolute atomic E-state index is 0.459. The number of nitrogens with zero attached hydrogens (tertiary/aromatic N) is 1. The van der Waals surface area contributed by atoms with E-state index in [1.54, 1.807) is 0 Å². The van der Waals surface area contributed by atoms with E-state index in [4.69, 9.17) is 0 Å². The van der Waals surface area contributed by atoms with E-state index in [-0.39, 0.29) is 0 Å². The normalized spacial score (nSPS) is 21.2. The van der Waals surface area contributed by atoms with Crippen LogP contribution in [0.4, 0.5) is 0 Å². The molecule has 0 saturated carbocycles. The second-order valence-electron chi connectivity index (χ2n) is 6.39. The van der Waals surface area contributed by atoms with E-state index >= 15 is 0 Å². The van der Waals surface area contributed by atoms with Crippen molar-refractivity contribution in [3.63, 3.8) is 0 Å². The number of aryl methyl sites for hydroxylation is 1. The van der Waals surface area contributed by atoms with E-state index in [9.17, 15) is 0 Å². The molecule has 2 rings (SSSR count). The number of hydrogen-bond donors (Lipinski definition) is 1. The molecule has 0 amide bonds. The lowest BCUT2D eigenvalue weighted by Gasteiger charge is -2.18. The zero-order valence-electron chi connectivity index (χ0n) is 13.4. The highest BCUT2D eigenvalue weighted by atomic mass is 15.1. The molecule has 0 aromatic heterocycles. The van der Waals surface area contributed by atoms with Crippen LogP contribution in [0.1, 0.15) is 50.3 Å². The van der Waals surface area contributed by atoms with Gasteiger partial charge in [-0.25, -0.2) is 0 Å². The molecule has 2 heteroatoms. The lowest BCUT2D eigenvalue weighted by atomic mass is 10.0. The van der Waals surface area contributed by atoms with Crippen LogP contribution in [-0.2, 0) is 6.42 Å². The van der Waals surface area contributed by atoms with Gasteiger partial charge in [0.1, 0.15) is 0 Å². The van der Waals surface area contributed by atoms with E-state index in [1.807, 2.05) is 0 Å². The molecular formula is C18H30N2. The van der Waals surface area contributed by atoms with E-state index in [0.29, 0.717) is 6.04 Å². The Morgan fingerprint density at radius 1 is 1.30 bits per heavy atom. The first-order valence-electron chi connectivity index (χ1n) is 8.19. The molecule has 1 aliphatic heterocycles. The Labute approximate surface area is 124 Å². The third-order valence-corrected chi connectivity index (χ3v) is 4.50. The molecule has 2 atom stereocenters. The minimum Gasteiger partial charge on any atom is -0.310 e. The first-order chi connectivity index (χ1) is 9.69. The van der Waals surface area contributed by atoms with Gasteiger partial charge in [0.25, 0.3) is 0 Å². The molecule has 2 unspecified atom stereocenters. The van der Waals surface area contributed by atoms with Crippen molar-refractivity contribution >= 4 is 0 Å². The number of benzene rings is 1. The molecule has 0 spiro atoms. The van der Waals surface area contributed by atoms with Crippen LogP contribution < -0.4 is 5.32 Å². The molecule has 20 heavy (non-hydrogen) atoms. The molecule has 1 N–H and O–H groups in total. The minimum atomic E-state index is 0.459. The van der Waals surface area contributed by atoms with Crippen molar-refractivity contribution < 1.29 is 0 Å². The van der Waals surface area contributed by atoms with Crippen molar-refractivity contribution in [1.29, 1.82) is 0 Å². The van der Waals surface area contributed by atoms with Gasteiger partial charge in [-0.05, 0) is 63.4 Å². The van der Waals surface area contributed by atoms with Crippen molar-refractivity contribution in [2.75, 3.05) is 26.7 Å². The van der Waals surface area contributed by atoms with Gasteiger partial charge in [-0.2, -0.15) is 0 Å². The van der Waals surface area contributed by atoms with Gasteiger partial charge in [0.15, 0.2) is 0 Å². The number of unbranched alkanes of at least 4 members (excludes halogenated alkanes) is 1. The van der Waals surface area contributed by atoms with Crippen molar-refractivity contribution in [2.24, 2.45) is 5.92 Å². The number of likely N-dealkylation sites (tertiary alicyclic amines) is 1. The maximum atomic E-state index is 3.70. The SMILES string of the molecule is CCCCc1ccc(C(C)NCC2CCN(C)C2)cc1. The third-order valence-electron chi connectivity index (χ3n) is 4.50. The summed E-state index contributed by atoms with van der Waals surface area (Å²) in [6.07, 6.45) is 5.12. The van der Waals surface area contributed by atoms with Crippen LogP contribution >= 0.6 is 0 Å². The summed E-state index contributed by atoms with van der Waals surface area (Å²) in [6.45, 7) is 8.17. The number of hydrogen-bond acceptors (Lipinski definition) is 2. The molecule has 2 nitrogen and oxygen atoms in total. The summed E-state index contributed by atoms with van der Waals surface area (Å²) < 4.78 is 0. The first-order valence-corrected chi connectivity index (χ1v) is 8.19. The zero-order chi connectivity index (χ0) is 14.4. The average molecular weight is 274 g/mol. The van der Waals surface area contributed by atoms with Gasteiger partial charge in [-0.1, -0.05) is 37.6 Å². The quantitative estimate of drug-likeness (QED) is 0.817. The standard InChI is InChI=1S/C18H30N2/c1-4-5-6-16-7-9-18(10-8-16)15(2)19-13-17-11-12-20(3)14-17/h7-10,15,17,19H,4-6,11-14H2,1-3H3. The Morgan fingerprint density at radius 2 is 2.05 bits per heavy atom. The van der Waals surface area contributed by atoms with Crippen molar-refractivity contribution in [2.45, 2.75) is 45.6 Å². The van der Waals surface area contributed by atoms with Crippen LogP contribution in [0.15, 0.2) is 24.3 Å². The fourth-order valence-electron chi connectivity index (χ4n) is 3.01. The van der Waals surface area contributed by atoms with Crippen molar-refractivity contribution in [3.05, 3.63) is 35.4 Å². The Morgan fingerprint density at radius 3 is 2.65 bits per heavy atom. The van der Waals surface area contributed by atoms with Gasteiger partial charge < -0.3 is 10.2 Å². The Kier molecular flexibility index (Phi) is 6.06. The molecule has 1 saturated heterocycles. The largest absolute Gasteiger partial charge is 0.310 e. The summed E-state index contributed by atoms with van der Waals surface area (Å²) in [5.74, 6) is 0.825. The van der Waals surface area contributed by atoms with Crippen LogP contribution in [0, 0.1) is 5.92 Å². The molecule has 0 bridgehead atoms. The molecule has 0 aliphatic carbocycles. The highest BCUT2D eigenvalue weighted by molar-refractivity contribution is 5.24. The summed E-state index contributed by atoms with van der Waals surface area (Å²) in [6, 6.07) is 9.65. The predicted octanol–water partition coefficient (Wildman–Crippen LogP) is 3.63. The molecule has 112 valence electrons. The summed E-state index contributed by atoms with van der Waals surface area (Å²) >= 11 is 0. The second kappa shape index (κ2) is 7.80. The third kappa shape index (κ3) is 4.60. The summed E-state index contributed by atoms with van der Waals surface area (Å²) in [5.41, 5.74) is 2.89. The van der Waals surface area contributed by atoms with Gasteiger partial charge in [0, 0.05) is 12.6 Å². The van der Waals surface area contributed by atoms with Crippen LogP contribution in [0.5, 0.6) is 0 Å². The lowest BCUT2D eigenvalue weighted by molar-refractivity contribution is 0.382. The average Bonchev–Trinajstić information content (AvgIpc) is 2.89. The van der Waals surface area contributed by atoms with Crippen molar-refractivity contribution in [1.82, 2.24) is 10.2 Å². The van der Waals surface area contributed by atoms with Gasteiger partial charge in [-0.3, -0.25) is 0 Å². The summed E-state index contributed by atoms with van der Waals surface area (Å²) in [7, 11) is 2.22. The van der Waals surface area contributed by atoms with Crippen LogP contribution in [0.2, 0.25) is 0 Å². The highest BCUT2D eigenvalue weighted by Gasteiger charge is 2.19. The van der Waals surface area contributed by atoms with Crippen LogP contribution in [0.25, 0.3) is 0 Å². The van der Waals surface area contributed by atoms with Gasteiger partial charge >= 0.3 is 0 Å². The lowest BCUT2D eigenvalue weighted by Crippen LogP contribution is -2.27. The van der Waals surface area contributed by atoms with Crippen LogP contribution in [-0.4, -0.2) is 31.6 Å². The van der Waals surface area contributed by atoms with Gasteiger partial charge in [0.05, 0.1) is 0 Å².